The lowest BCUT2D eigenvalue weighted by Gasteiger charge is -2.38. The summed E-state index contributed by atoms with van der Waals surface area (Å²) >= 11 is 0. The lowest BCUT2D eigenvalue weighted by Crippen LogP contribution is -2.60. The summed E-state index contributed by atoms with van der Waals surface area (Å²) in [6.45, 7) is 4.61. The summed E-state index contributed by atoms with van der Waals surface area (Å²) in [4.78, 5) is 25.7. The fraction of sp³-hybridized carbons (Fsp3) is 0.867. The SMILES string of the molecule is CC1CCC(NC(=O)N2CCC(C)C2CO)(C(=O)O)CC1. The highest BCUT2D eigenvalue weighted by Crippen LogP contribution is 2.33. The topological polar surface area (TPSA) is 89.9 Å². The Morgan fingerprint density at radius 1 is 1.24 bits per heavy atom. The number of rotatable bonds is 3. The predicted octanol–water partition coefficient (Wildman–Crippen LogP) is 1.43. The first kappa shape index (κ1) is 16.1. The molecule has 2 fully saturated rings. The molecule has 0 bridgehead atoms. The number of aliphatic hydroxyl groups is 1. The number of amides is 2. The minimum atomic E-state index is -1.14. The van der Waals surface area contributed by atoms with E-state index in [4.69, 9.17) is 0 Å². The van der Waals surface area contributed by atoms with E-state index < -0.39 is 11.5 Å². The van der Waals surface area contributed by atoms with Gasteiger partial charge in [0.2, 0.25) is 0 Å². The lowest BCUT2D eigenvalue weighted by molar-refractivity contribution is -0.146. The Hall–Kier alpha value is -1.30. The molecular formula is C15H26N2O4. The summed E-state index contributed by atoms with van der Waals surface area (Å²) in [6.07, 6.45) is 3.42. The van der Waals surface area contributed by atoms with Crippen LogP contribution < -0.4 is 5.32 Å². The molecule has 1 saturated carbocycles. The van der Waals surface area contributed by atoms with Crippen LogP contribution in [0.1, 0.15) is 46.0 Å². The molecule has 2 amide bonds. The Morgan fingerprint density at radius 2 is 1.86 bits per heavy atom. The number of carbonyl (C=O) groups excluding carboxylic acids is 1. The van der Waals surface area contributed by atoms with Crippen molar-refractivity contribution < 1.29 is 19.8 Å². The molecule has 1 heterocycles. The second-order valence-corrected chi connectivity index (χ2v) is 6.71. The van der Waals surface area contributed by atoms with E-state index in [0.29, 0.717) is 25.3 Å². The van der Waals surface area contributed by atoms with Crippen LogP contribution in [0, 0.1) is 11.8 Å². The zero-order valence-corrected chi connectivity index (χ0v) is 12.8. The number of likely N-dealkylation sites (tertiary alicyclic amines) is 1. The zero-order chi connectivity index (χ0) is 15.6. The van der Waals surface area contributed by atoms with Crippen molar-refractivity contribution in [3.63, 3.8) is 0 Å². The molecule has 2 atom stereocenters. The van der Waals surface area contributed by atoms with Gasteiger partial charge in [0.25, 0.3) is 0 Å². The van der Waals surface area contributed by atoms with Crippen LogP contribution in [0.25, 0.3) is 0 Å². The van der Waals surface area contributed by atoms with E-state index in [1.165, 1.54) is 0 Å². The van der Waals surface area contributed by atoms with E-state index in [2.05, 4.69) is 12.2 Å². The van der Waals surface area contributed by atoms with E-state index >= 15 is 0 Å². The molecule has 6 heteroatoms. The Kier molecular flexibility index (Phi) is 4.76. The summed E-state index contributed by atoms with van der Waals surface area (Å²) in [5, 5.41) is 21.7. The molecule has 3 N–H and O–H groups in total. The molecule has 120 valence electrons. The van der Waals surface area contributed by atoms with Crippen molar-refractivity contribution in [2.45, 2.75) is 57.5 Å². The monoisotopic (exact) mass is 298 g/mol. The van der Waals surface area contributed by atoms with Gasteiger partial charge in [-0.2, -0.15) is 0 Å². The quantitative estimate of drug-likeness (QED) is 0.735. The number of aliphatic carboxylic acids is 1. The fourth-order valence-corrected chi connectivity index (χ4v) is 3.46. The molecule has 0 radical (unpaired) electrons. The van der Waals surface area contributed by atoms with Gasteiger partial charge < -0.3 is 20.4 Å². The molecule has 0 aromatic rings. The van der Waals surface area contributed by atoms with E-state index in [1.54, 1.807) is 4.90 Å². The van der Waals surface area contributed by atoms with Crippen molar-refractivity contribution in [1.29, 1.82) is 0 Å². The normalized spacial score (nSPS) is 36.5. The second kappa shape index (κ2) is 6.22. The highest BCUT2D eigenvalue weighted by atomic mass is 16.4. The van der Waals surface area contributed by atoms with Gasteiger partial charge >= 0.3 is 12.0 Å². The predicted molar refractivity (Wildman–Crippen MR) is 77.9 cm³/mol. The number of nitrogens with one attached hydrogen (secondary N) is 1. The summed E-state index contributed by atoms with van der Waals surface area (Å²) in [7, 11) is 0. The van der Waals surface area contributed by atoms with Crippen LogP contribution in [0.4, 0.5) is 4.79 Å². The molecule has 2 aliphatic rings. The Morgan fingerprint density at radius 3 is 2.38 bits per heavy atom. The minimum absolute atomic E-state index is 0.0777. The average Bonchev–Trinajstić information content (AvgIpc) is 2.82. The average molecular weight is 298 g/mol. The first-order valence-corrected chi connectivity index (χ1v) is 7.82. The van der Waals surface area contributed by atoms with Crippen LogP contribution in [-0.4, -0.2) is 51.8 Å². The van der Waals surface area contributed by atoms with Gasteiger partial charge in [0, 0.05) is 6.54 Å². The van der Waals surface area contributed by atoms with Gasteiger partial charge in [0.15, 0.2) is 0 Å². The molecule has 0 aromatic carbocycles. The first-order chi connectivity index (χ1) is 9.89. The number of hydrogen-bond donors (Lipinski definition) is 3. The van der Waals surface area contributed by atoms with Crippen LogP contribution in [0.15, 0.2) is 0 Å². The van der Waals surface area contributed by atoms with Gasteiger partial charge in [-0.15, -0.1) is 0 Å². The summed E-state index contributed by atoms with van der Waals surface area (Å²) in [5.41, 5.74) is -1.14. The van der Waals surface area contributed by atoms with Crippen molar-refractivity contribution in [3.05, 3.63) is 0 Å². The molecule has 1 aliphatic heterocycles. The highest BCUT2D eigenvalue weighted by molar-refractivity contribution is 5.86. The number of nitrogens with zero attached hydrogens (tertiary/aromatic N) is 1. The van der Waals surface area contributed by atoms with Gasteiger partial charge in [-0.1, -0.05) is 13.8 Å². The van der Waals surface area contributed by atoms with Gasteiger partial charge in [0.1, 0.15) is 5.54 Å². The molecule has 1 aliphatic carbocycles. The summed E-state index contributed by atoms with van der Waals surface area (Å²) < 4.78 is 0. The van der Waals surface area contributed by atoms with Gasteiger partial charge in [0.05, 0.1) is 12.6 Å². The largest absolute Gasteiger partial charge is 0.480 e. The van der Waals surface area contributed by atoms with E-state index in [9.17, 15) is 19.8 Å². The van der Waals surface area contributed by atoms with E-state index in [-0.39, 0.29) is 24.6 Å². The maximum absolute atomic E-state index is 12.5. The smallest absolute Gasteiger partial charge is 0.329 e. The number of aliphatic hydroxyl groups excluding tert-OH is 1. The number of carbonyl (C=O) groups is 2. The van der Waals surface area contributed by atoms with Crippen molar-refractivity contribution in [2.24, 2.45) is 11.8 Å². The second-order valence-electron chi connectivity index (χ2n) is 6.71. The maximum Gasteiger partial charge on any atom is 0.329 e. The van der Waals surface area contributed by atoms with Crippen molar-refractivity contribution >= 4 is 12.0 Å². The Bertz CT molecular complexity index is 404. The van der Waals surface area contributed by atoms with Crippen LogP contribution in [0.3, 0.4) is 0 Å². The molecule has 2 rings (SSSR count). The van der Waals surface area contributed by atoms with Gasteiger partial charge in [-0.05, 0) is 43.9 Å². The molecular weight excluding hydrogens is 272 g/mol. The van der Waals surface area contributed by atoms with Crippen molar-refractivity contribution in [2.75, 3.05) is 13.2 Å². The minimum Gasteiger partial charge on any atom is -0.480 e. The molecule has 0 aromatic heterocycles. The zero-order valence-electron chi connectivity index (χ0n) is 12.8. The van der Waals surface area contributed by atoms with Crippen LogP contribution >= 0.6 is 0 Å². The number of urea groups is 1. The first-order valence-electron chi connectivity index (χ1n) is 7.82. The van der Waals surface area contributed by atoms with Crippen molar-refractivity contribution in [1.82, 2.24) is 10.2 Å². The Labute approximate surface area is 125 Å². The van der Waals surface area contributed by atoms with Crippen LogP contribution in [0.2, 0.25) is 0 Å². The third-order valence-electron chi connectivity index (χ3n) is 5.21. The standard InChI is InChI=1S/C15H26N2O4/c1-10-3-6-15(7-4-10,13(19)20)16-14(21)17-8-5-11(2)12(17)9-18/h10-12,18H,3-9H2,1-2H3,(H,16,21)(H,19,20). The molecule has 0 spiro atoms. The summed E-state index contributed by atoms with van der Waals surface area (Å²) in [5.74, 6) is -0.199. The van der Waals surface area contributed by atoms with Crippen LogP contribution in [0.5, 0.6) is 0 Å². The van der Waals surface area contributed by atoms with Crippen LogP contribution in [-0.2, 0) is 4.79 Å². The molecule has 6 nitrogen and oxygen atoms in total. The summed E-state index contributed by atoms with van der Waals surface area (Å²) in [6, 6.07) is -0.561. The maximum atomic E-state index is 12.5. The molecule has 21 heavy (non-hydrogen) atoms. The Balaban J connectivity index is 2.07. The fourth-order valence-electron chi connectivity index (χ4n) is 3.46. The molecule has 2 unspecified atom stereocenters. The van der Waals surface area contributed by atoms with E-state index in [0.717, 1.165) is 19.3 Å². The molecule has 1 saturated heterocycles. The third kappa shape index (κ3) is 3.15. The van der Waals surface area contributed by atoms with Gasteiger partial charge in [-0.25, -0.2) is 9.59 Å². The number of carboxylic acid groups (broad SMARTS) is 1. The number of carboxylic acids is 1. The lowest BCUT2D eigenvalue weighted by atomic mass is 9.77. The highest BCUT2D eigenvalue weighted by Gasteiger charge is 2.45. The van der Waals surface area contributed by atoms with Gasteiger partial charge in [-0.3, -0.25) is 0 Å². The van der Waals surface area contributed by atoms with Crippen molar-refractivity contribution in [3.8, 4) is 0 Å². The third-order valence-corrected chi connectivity index (χ3v) is 5.21. The van der Waals surface area contributed by atoms with E-state index in [1.807, 2.05) is 6.92 Å². The number of hydrogen-bond acceptors (Lipinski definition) is 3.